The third kappa shape index (κ3) is 2.15. The molecule has 1 aromatic heterocycles. The largest absolute Gasteiger partial charge is 0.242 e. The molecular weight excluding hydrogens is 361 g/mol. The molecule has 0 bridgehead atoms. The zero-order valence-corrected chi connectivity index (χ0v) is 12.7. The van der Waals surface area contributed by atoms with E-state index < -0.39 is 5.95 Å². The fraction of sp³-hybridized carbons (Fsp3) is 0.308. The minimum absolute atomic E-state index is 0.397. The van der Waals surface area contributed by atoms with Gasteiger partial charge in [-0.05, 0) is 47.0 Å². The summed E-state index contributed by atoms with van der Waals surface area (Å²) in [5, 5.41) is 4.48. The summed E-state index contributed by atoms with van der Waals surface area (Å²) >= 11 is 2.20. The lowest BCUT2D eigenvalue weighted by Gasteiger charge is -2.18. The standard InChI is InChI=1S/C13H11FIN2P/c14-13-12-10(8-7-9-3-1-4-9)5-2-6-11(12)17(16-13)18-15/h2,5-6,9,18H,1,3-4H2. The lowest BCUT2D eigenvalue weighted by molar-refractivity contribution is 0.401. The Morgan fingerprint density at radius 2 is 2.28 bits per heavy atom. The van der Waals surface area contributed by atoms with Crippen molar-refractivity contribution in [2.75, 3.05) is 0 Å². The summed E-state index contributed by atoms with van der Waals surface area (Å²) in [6, 6.07) is 5.69. The molecule has 1 fully saturated rings. The SMILES string of the molecule is Fc1nn(PI)c2cccc(C#CC3CCC3)c12. The molecule has 0 saturated heterocycles. The quantitative estimate of drug-likeness (QED) is 0.419. The minimum Gasteiger partial charge on any atom is -0.234 e. The van der Waals surface area contributed by atoms with Gasteiger partial charge in [-0.2, -0.15) is 4.39 Å². The zero-order valence-electron chi connectivity index (χ0n) is 9.58. The highest BCUT2D eigenvalue weighted by molar-refractivity contribution is 14.2. The maximum absolute atomic E-state index is 13.9. The van der Waals surface area contributed by atoms with Crippen molar-refractivity contribution in [1.29, 1.82) is 0 Å². The molecule has 1 saturated carbocycles. The zero-order chi connectivity index (χ0) is 12.5. The van der Waals surface area contributed by atoms with Crippen LogP contribution >= 0.6 is 28.4 Å². The summed E-state index contributed by atoms with van der Waals surface area (Å²) in [6.45, 7) is 0. The monoisotopic (exact) mass is 372 g/mol. The van der Waals surface area contributed by atoms with Gasteiger partial charge in [-0.3, -0.25) is 0 Å². The maximum atomic E-state index is 13.9. The number of fused-ring (bicyclic) bond motifs is 1. The Labute approximate surface area is 120 Å². The first-order valence-electron chi connectivity index (χ1n) is 5.85. The van der Waals surface area contributed by atoms with Crippen molar-refractivity contribution in [2.24, 2.45) is 5.92 Å². The second-order valence-corrected chi connectivity index (χ2v) is 6.42. The lowest BCUT2D eigenvalue weighted by atomic mass is 9.86. The highest BCUT2D eigenvalue weighted by Crippen LogP contribution is 2.31. The predicted octanol–water partition coefficient (Wildman–Crippen LogP) is 4.12. The van der Waals surface area contributed by atoms with Gasteiger partial charge in [0.15, 0.2) is 0 Å². The summed E-state index contributed by atoms with van der Waals surface area (Å²) in [5.41, 5.74) is 1.60. The molecule has 18 heavy (non-hydrogen) atoms. The number of halogens is 2. The van der Waals surface area contributed by atoms with Gasteiger partial charge in [-0.15, -0.1) is 5.10 Å². The predicted molar refractivity (Wildman–Crippen MR) is 81.6 cm³/mol. The molecule has 1 aromatic carbocycles. The van der Waals surface area contributed by atoms with E-state index in [1.165, 1.54) is 19.3 Å². The molecule has 1 atom stereocenters. The van der Waals surface area contributed by atoms with E-state index in [1.54, 1.807) is 4.45 Å². The molecule has 0 spiro atoms. The second-order valence-electron chi connectivity index (χ2n) is 4.38. The van der Waals surface area contributed by atoms with E-state index in [4.69, 9.17) is 0 Å². The van der Waals surface area contributed by atoms with Gasteiger partial charge < -0.3 is 0 Å². The molecule has 2 aromatic rings. The van der Waals surface area contributed by atoms with Crippen LogP contribution in [0.4, 0.5) is 4.39 Å². The lowest BCUT2D eigenvalue weighted by Crippen LogP contribution is -2.07. The highest BCUT2D eigenvalue weighted by atomic mass is 127. The number of hydrogen-bond donors (Lipinski definition) is 0. The third-order valence-corrected chi connectivity index (χ3v) is 5.13. The molecule has 0 amide bonds. The smallest absolute Gasteiger partial charge is 0.234 e. The van der Waals surface area contributed by atoms with Crippen molar-refractivity contribution >= 4 is 39.3 Å². The summed E-state index contributed by atoms with van der Waals surface area (Å²) < 4.78 is 15.6. The van der Waals surface area contributed by atoms with Crippen LogP contribution in [0, 0.1) is 23.7 Å². The molecular formula is C13H11FIN2P. The van der Waals surface area contributed by atoms with E-state index in [1.807, 2.05) is 18.2 Å². The summed E-state index contributed by atoms with van der Waals surface area (Å²) in [4.78, 5) is 0. The molecule has 92 valence electrons. The third-order valence-electron chi connectivity index (χ3n) is 3.26. The molecule has 1 unspecified atom stereocenters. The first-order valence-corrected chi connectivity index (χ1v) is 9.91. The second kappa shape index (κ2) is 5.14. The molecule has 0 N–H and O–H groups in total. The van der Waals surface area contributed by atoms with Crippen LogP contribution in [0.1, 0.15) is 24.8 Å². The molecule has 2 nitrogen and oxygen atoms in total. The van der Waals surface area contributed by atoms with Gasteiger partial charge in [0.2, 0.25) is 5.95 Å². The molecule has 1 heterocycles. The number of aromatic nitrogens is 2. The minimum atomic E-state index is -0.410. The average molecular weight is 372 g/mol. The van der Waals surface area contributed by atoms with Crippen molar-refractivity contribution in [2.45, 2.75) is 19.3 Å². The van der Waals surface area contributed by atoms with Crippen LogP contribution in [-0.4, -0.2) is 9.55 Å². The van der Waals surface area contributed by atoms with Crippen LogP contribution in [0.15, 0.2) is 18.2 Å². The van der Waals surface area contributed by atoms with Crippen LogP contribution in [0.25, 0.3) is 10.9 Å². The Morgan fingerprint density at radius 3 is 2.94 bits per heavy atom. The van der Waals surface area contributed by atoms with Crippen LogP contribution in [0.5, 0.6) is 0 Å². The Bertz CT molecular complexity index is 652. The Kier molecular flexibility index (Phi) is 3.54. The van der Waals surface area contributed by atoms with Gasteiger partial charge in [0, 0.05) is 11.5 Å². The van der Waals surface area contributed by atoms with Crippen molar-refractivity contribution in [3.8, 4) is 11.8 Å². The number of hydrogen-bond acceptors (Lipinski definition) is 1. The Balaban J connectivity index is 2.10. The van der Waals surface area contributed by atoms with E-state index >= 15 is 0 Å². The maximum Gasteiger partial charge on any atom is 0.242 e. The highest BCUT2D eigenvalue weighted by Gasteiger charge is 2.15. The van der Waals surface area contributed by atoms with E-state index in [0.29, 0.717) is 17.7 Å². The van der Waals surface area contributed by atoms with Gasteiger partial charge in [0.1, 0.15) is 0 Å². The fourth-order valence-corrected chi connectivity index (χ4v) is 3.53. The van der Waals surface area contributed by atoms with Crippen LogP contribution in [-0.2, 0) is 0 Å². The summed E-state index contributed by atoms with van der Waals surface area (Å²) in [7, 11) is 0. The summed E-state index contributed by atoms with van der Waals surface area (Å²) in [5.74, 6) is 6.45. The topological polar surface area (TPSA) is 17.8 Å². The fourth-order valence-electron chi connectivity index (χ4n) is 2.03. The molecule has 5 heteroatoms. The van der Waals surface area contributed by atoms with Gasteiger partial charge >= 0.3 is 0 Å². The van der Waals surface area contributed by atoms with Gasteiger partial charge in [-0.1, -0.05) is 24.3 Å². The molecule has 3 rings (SSSR count). The van der Waals surface area contributed by atoms with Crippen LogP contribution in [0.3, 0.4) is 0 Å². The molecule has 1 aliphatic carbocycles. The van der Waals surface area contributed by atoms with Crippen molar-refractivity contribution in [1.82, 2.24) is 9.55 Å². The van der Waals surface area contributed by atoms with Gasteiger partial charge in [0.05, 0.1) is 17.3 Å². The number of rotatable bonds is 1. The Morgan fingerprint density at radius 1 is 1.44 bits per heavy atom. The van der Waals surface area contributed by atoms with Crippen molar-refractivity contribution in [3.05, 3.63) is 29.7 Å². The van der Waals surface area contributed by atoms with Gasteiger partial charge in [0.25, 0.3) is 0 Å². The van der Waals surface area contributed by atoms with E-state index in [9.17, 15) is 4.39 Å². The number of nitrogens with zero attached hydrogens (tertiary/aromatic N) is 2. The first-order chi connectivity index (χ1) is 8.79. The average Bonchev–Trinajstić information content (AvgIpc) is 2.65. The van der Waals surface area contributed by atoms with E-state index in [0.717, 1.165) is 11.1 Å². The Hall–Kier alpha value is -0.660. The van der Waals surface area contributed by atoms with Crippen molar-refractivity contribution < 1.29 is 4.39 Å². The van der Waals surface area contributed by atoms with Crippen LogP contribution in [0.2, 0.25) is 0 Å². The van der Waals surface area contributed by atoms with E-state index in [2.05, 4.69) is 39.0 Å². The molecule has 1 aliphatic rings. The molecule has 0 aliphatic heterocycles. The van der Waals surface area contributed by atoms with Crippen LogP contribution < -0.4 is 0 Å². The number of benzene rings is 1. The molecule has 0 radical (unpaired) electrons. The normalized spacial score (nSPS) is 15.9. The first kappa shape index (κ1) is 12.4. The van der Waals surface area contributed by atoms with Crippen molar-refractivity contribution in [3.63, 3.8) is 0 Å². The van der Waals surface area contributed by atoms with E-state index in [-0.39, 0.29) is 0 Å². The summed E-state index contributed by atoms with van der Waals surface area (Å²) in [6.07, 6.45) is 4.03. The van der Waals surface area contributed by atoms with Gasteiger partial charge in [-0.25, -0.2) is 4.45 Å².